The standard InChI is InChI=1S/C23H28FN5O3/c1-5-17-12-18(7-8-19(17)24)22-27-29(20-9-6-16(13-25-20)10-11-32-4)23(31)28(22)14-21(30)26-15(2)3/h6-9,12-13,15H,5,10-11,14H2,1-4H3,(H,26,30). The van der Waals surface area contributed by atoms with Crippen LogP contribution in [0.25, 0.3) is 17.2 Å². The van der Waals surface area contributed by atoms with Crippen LogP contribution < -0.4 is 11.0 Å². The molecule has 0 radical (unpaired) electrons. The van der Waals surface area contributed by atoms with Gasteiger partial charge in [0, 0.05) is 24.9 Å². The van der Waals surface area contributed by atoms with E-state index in [1.807, 2.05) is 26.8 Å². The second kappa shape index (κ2) is 10.3. The van der Waals surface area contributed by atoms with Crippen molar-refractivity contribution in [3.8, 4) is 17.2 Å². The van der Waals surface area contributed by atoms with E-state index in [-0.39, 0.29) is 30.1 Å². The first-order valence-electron chi connectivity index (χ1n) is 10.6. The molecule has 3 aromatic rings. The monoisotopic (exact) mass is 441 g/mol. The van der Waals surface area contributed by atoms with Gasteiger partial charge in [-0.3, -0.25) is 9.36 Å². The molecule has 2 aromatic heterocycles. The summed E-state index contributed by atoms with van der Waals surface area (Å²) in [6.07, 6.45) is 2.85. The predicted octanol–water partition coefficient (Wildman–Crippen LogP) is 2.51. The number of amides is 1. The van der Waals surface area contributed by atoms with Crippen LogP contribution in [0.4, 0.5) is 4.39 Å². The summed E-state index contributed by atoms with van der Waals surface area (Å²) in [5.41, 5.74) is 1.51. The summed E-state index contributed by atoms with van der Waals surface area (Å²) < 4.78 is 21.6. The normalized spacial score (nSPS) is 11.2. The highest BCUT2D eigenvalue weighted by molar-refractivity contribution is 5.76. The maximum atomic E-state index is 14.0. The summed E-state index contributed by atoms with van der Waals surface area (Å²) in [6.45, 7) is 5.88. The largest absolute Gasteiger partial charge is 0.384 e. The van der Waals surface area contributed by atoms with Crippen molar-refractivity contribution in [1.29, 1.82) is 0 Å². The van der Waals surface area contributed by atoms with E-state index in [1.165, 1.54) is 10.6 Å². The Morgan fingerprint density at radius 2 is 2.03 bits per heavy atom. The molecule has 0 unspecified atom stereocenters. The molecule has 0 fully saturated rings. The number of aryl methyl sites for hydroxylation is 1. The number of benzene rings is 1. The van der Waals surface area contributed by atoms with Gasteiger partial charge in [0.25, 0.3) is 0 Å². The fraction of sp³-hybridized carbons (Fsp3) is 0.391. The molecule has 170 valence electrons. The number of methoxy groups -OCH3 is 1. The Morgan fingerprint density at radius 3 is 2.66 bits per heavy atom. The number of nitrogens with one attached hydrogen (secondary N) is 1. The summed E-state index contributed by atoms with van der Waals surface area (Å²) in [7, 11) is 1.63. The number of rotatable bonds is 9. The van der Waals surface area contributed by atoms with Crippen LogP contribution in [0.2, 0.25) is 0 Å². The lowest BCUT2D eigenvalue weighted by molar-refractivity contribution is -0.122. The molecule has 0 atom stereocenters. The van der Waals surface area contributed by atoms with Gasteiger partial charge in [-0.1, -0.05) is 13.0 Å². The third-order valence-corrected chi connectivity index (χ3v) is 4.92. The van der Waals surface area contributed by atoms with Crippen molar-refractivity contribution >= 4 is 5.91 Å². The molecule has 3 rings (SSSR count). The zero-order valence-corrected chi connectivity index (χ0v) is 18.8. The Morgan fingerprint density at radius 1 is 1.25 bits per heavy atom. The Hall–Kier alpha value is -3.33. The van der Waals surface area contributed by atoms with Gasteiger partial charge < -0.3 is 10.1 Å². The number of hydrogen-bond acceptors (Lipinski definition) is 5. The SMILES string of the molecule is CCc1cc(-c2nn(-c3ccc(CCOC)cn3)c(=O)n2CC(=O)NC(C)C)ccc1F. The summed E-state index contributed by atoms with van der Waals surface area (Å²) >= 11 is 0. The highest BCUT2D eigenvalue weighted by atomic mass is 19.1. The average Bonchev–Trinajstić information content (AvgIpc) is 3.08. The van der Waals surface area contributed by atoms with Crippen LogP contribution in [0.15, 0.2) is 41.3 Å². The molecule has 1 aromatic carbocycles. The highest BCUT2D eigenvalue weighted by Crippen LogP contribution is 2.21. The number of pyridine rings is 1. The van der Waals surface area contributed by atoms with Crippen LogP contribution in [-0.4, -0.2) is 45.0 Å². The van der Waals surface area contributed by atoms with E-state index in [2.05, 4.69) is 15.4 Å². The molecule has 8 nitrogen and oxygen atoms in total. The quantitative estimate of drug-likeness (QED) is 0.551. The van der Waals surface area contributed by atoms with Crippen molar-refractivity contribution in [3.63, 3.8) is 0 Å². The molecular weight excluding hydrogens is 413 g/mol. The van der Waals surface area contributed by atoms with Gasteiger partial charge in [-0.2, -0.15) is 4.68 Å². The van der Waals surface area contributed by atoms with Crippen molar-refractivity contribution in [2.45, 2.75) is 46.2 Å². The van der Waals surface area contributed by atoms with Gasteiger partial charge in [-0.15, -0.1) is 5.10 Å². The average molecular weight is 442 g/mol. The number of ether oxygens (including phenoxy) is 1. The van der Waals surface area contributed by atoms with Crippen LogP contribution in [0.3, 0.4) is 0 Å². The van der Waals surface area contributed by atoms with Crippen molar-refractivity contribution in [3.05, 3.63) is 64.0 Å². The number of nitrogens with zero attached hydrogens (tertiary/aromatic N) is 4. The number of hydrogen-bond donors (Lipinski definition) is 1. The Kier molecular flexibility index (Phi) is 7.53. The zero-order valence-electron chi connectivity index (χ0n) is 18.8. The smallest absolute Gasteiger partial charge is 0.352 e. The summed E-state index contributed by atoms with van der Waals surface area (Å²) in [5.74, 6) is -0.0360. The van der Waals surface area contributed by atoms with Crippen LogP contribution in [0, 0.1) is 5.82 Å². The van der Waals surface area contributed by atoms with Gasteiger partial charge in [0.2, 0.25) is 5.91 Å². The third kappa shape index (κ3) is 5.28. The topological polar surface area (TPSA) is 91.0 Å². The first-order valence-corrected chi connectivity index (χ1v) is 10.6. The number of halogens is 1. The van der Waals surface area contributed by atoms with Gasteiger partial charge in [-0.05, 0) is 62.1 Å². The van der Waals surface area contributed by atoms with Gasteiger partial charge in [0.1, 0.15) is 12.4 Å². The number of carbonyl (C=O) groups excluding carboxylic acids is 1. The minimum Gasteiger partial charge on any atom is -0.384 e. The molecule has 9 heteroatoms. The molecule has 0 bridgehead atoms. The Labute approximate surface area is 186 Å². The summed E-state index contributed by atoms with van der Waals surface area (Å²) in [5, 5.41) is 7.24. The number of aromatic nitrogens is 4. The molecule has 32 heavy (non-hydrogen) atoms. The Balaban J connectivity index is 2.07. The molecule has 2 heterocycles. The van der Waals surface area contributed by atoms with Gasteiger partial charge in [0.05, 0.1) is 6.61 Å². The van der Waals surface area contributed by atoms with Crippen LogP contribution in [0.1, 0.15) is 31.9 Å². The zero-order chi connectivity index (χ0) is 23.3. The molecule has 0 saturated heterocycles. The molecule has 0 aliphatic heterocycles. The summed E-state index contributed by atoms with van der Waals surface area (Å²) in [6, 6.07) is 8.03. The maximum Gasteiger partial charge on any atom is 0.352 e. The predicted molar refractivity (Wildman–Crippen MR) is 119 cm³/mol. The maximum absolute atomic E-state index is 14.0. The van der Waals surface area contributed by atoms with E-state index in [0.29, 0.717) is 36.4 Å². The van der Waals surface area contributed by atoms with E-state index in [9.17, 15) is 14.0 Å². The minimum absolute atomic E-state index is 0.0736. The second-order valence-electron chi connectivity index (χ2n) is 7.75. The van der Waals surface area contributed by atoms with Crippen LogP contribution in [-0.2, 0) is 28.9 Å². The molecule has 0 aliphatic rings. The lowest BCUT2D eigenvalue weighted by atomic mass is 10.1. The third-order valence-electron chi connectivity index (χ3n) is 4.92. The van der Waals surface area contributed by atoms with E-state index >= 15 is 0 Å². The summed E-state index contributed by atoms with van der Waals surface area (Å²) in [4.78, 5) is 30.0. The Bertz CT molecular complexity index is 1140. The molecule has 0 saturated carbocycles. The van der Waals surface area contributed by atoms with Crippen molar-refractivity contribution < 1.29 is 13.9 Å². The number of carbonyl (C=O) groups is 1. The van der Waals surface area contributed by atoms with Crippen molar-refractivity contribution in [1.82, 2.24) is 24.6 Å². The van der Waals surface area contributed by atoms with Gasteiger partial charge in [0.15, 0.2) is 11.6 Å². The first-order chi connectivity index (χ1) is 15.3. The van der Waals surface area contributed by atoms with E-state index < -0.39 is 5.69 Å². The minimum atomic E-state index is -0.501. The van der Waals surface area contributed by atoms with Crippen LogP contribution >= 0.6 is 0 Å². The second-order valence-corrected chi connectivity index (χ2v) is 7.75. The molecule has 0 aliphatic carbocycles. The van der Waals surface area contributed by atoms with E-state index in [1.54, 1.807) is 31.5 Å². The van der Waals surface area contributed by atoms with E-state index in [4.69, 9.17) is 4.74 Å². The first kappa shape index (κ1) is 23.3. The molecule has 1 amide bonds. The highest BCUT2D eigenvalue weighted by Gasteiger charge is 2.20. The van der Waals surface area contributed by atoms with Gasteiger partial charge in [-0.25, -0.2) is 14.2 Å². The fourth-order valence-corrected chi connectivity index (χ4v) is 3.31. The fourth-order valence-electron chi connectivity index (χ4n) is 3.31. The van der Waals surface area contributed by atoms with Crippen LogP contribution in [0.5, 0.6) is 0 Å². The lowest BCUT2D eigenvalue weighted by Crippen LogP contribution is -2.36. The molecule has 0 spiro atoms. The van der Waals surface area contributed by atoms with Crippen molar-refractivity contribution in [2.75, 3.05) is 13.7 Å². The van der Waals surface area contributed by atoms with E-state index in [0.717, 1.165) is 10.2 Å². The molecule has 1 N–H and O–H groups in total. The molecular formula is C23H28FN5O3. The lowest BCUT2D eigenvalue weighted by Gasteiger charge is -2.10. The van der Waals surface area contributed by atoms with Gasteiger partial charge >= 0.3 is 5.69 Å². The van der Waals surface area contributed by atoms with Crippen molar-refractivity contribution in [2.24, 2.45) is 0 Å².